The molecular formula is C82H104BrNa2O12P. The molecule has 0 aliphatic rings. The second-order valence-corrected chi connectivity index (χ2v) is 23.1. The molecule has 0 aliphatic carbocycles. The second kappa shape index (κ2) is 73.6. The van der Waals surface area contributed by atoms with Crippen molar-refractivity contribution in [3.05, 3.63) is 305 Å². The molecule has 0 atom stereocenters. The van der Waals surface area contributed by atoms with E-state index in [1.807, 2.05) is 139 Å². The van der Waals surface area contributed by atoms with Crippen LogP contribution in [0.2, 0.25) is 0 Å². The Bertz CT molecular complexity index is 3230. The van der Waals surface area contributed by atoms with Crippen molar-refractivity contribution in [1.82, 2.24) is 0 Å². The van der Waals surface area contributed by atoms with Gasteiger partial charge in [0, 0.05) is 11.1 Å². The summed E-state index contributed by atoms with van der Waals surface area (Å²) >= 11 is 0. The van der Waals surface area contributed by atoms with Crippen LogP contribution in [0.15, 0.2) is 299 Å². The van der Waals surface area contributed by atoms with Crippen molar-refractivity contribution in [1.29, 1.82) is 0 Å². The van der Waals surface area contributed by atoms with Crippen molar-refractivity contribution in [2.75, 3.05) is 19.4 Å². The van der Waals surface area contributed by atoms with E-state index < -0.39 is 13.2 Å². The van der Waals surface area contributed by atoms with Crippen LogP contribution in [0.5, 0.6) is 0 Å². The standard InChI is InChI=1S/C25H26O2P.C23H32O2.C19H23O2.C10H12O2.2CO2.3CH4.BrH.2Na/c1-3-27-25(26)21(2)19-20-28(22-13-7-4-8-14-22,23-15-9-5-10-16-23)24-17-11-6-12-18-24;1-7-19(3)15-11-16-20(4)13-9-10-14-21(5)17-12-18-22(6)23(24)25-8-2;1-5-6-7-11-16(2)12-8-9-13-17(3)14-10-15-18(4)19(20)21;1-9(7-11)5-3-4-6-10(2)8-12;2*2-1-3;;;;;;/h4-19H,3,20H2,1-2H3;9-18H,7-8H2,1-6H3;6-15H,1-4H3,(H,20,21);3-8H,1-2H3;;;3*1H4;1H;;/q+1;;-1;;;;;;;;2*+1/p-2/b21-19+;10-9+,16-11+,17-12+,19-15+,20-13+,21-14+,22-18+;9-8+,11-7+,14-10+,16-12+,17-13+,18-15+;4-3+,9-5+,10-6+;;;;;;;;. The minimum atomic E-state index is -1.95. The zero-order valence-electron chi connectivity index (χ0n) is 58.3. The zero-order valence-corrected chi connectivity index (χ0v) is 64.8. The van der Waals surface area contributed by atoms with Crippen LogP contribution in [0.3, 0.4) is 0 Å². The molecule has 3 rings (SSSR count). The van der Waals surface area contributed by atoms with Crippen molar-refractivity contribution < 1.29 is 134 Å². The number of carboxylic acids is 1. The van der Waals surface area contributed by atoms with Gasteiger partial charge in [-0.15, -0.1) is 13.0 Å². The van der Waals surface area contributed by atoms with E-state index in [1.165, 1.54) is 40.1 Å². The Morgan fingerprint density at radius 3 is 1.01 bits per heavy atom. The molecule has 518 valence electrons. The quantitative estimate of drug-likeness (QED) is 0.0136. The van der Waals surface area contributed by atoms with Crippen LogP contribution in [-0.4, -0.2) is 62.2 Å². The third-order valence-electron chi connectivity index (χ3n) is 12.0. The first-order valence-corrected chi connectivity index (χ1v) is 31.5. The summed E-state index contributed by atoms with van der Waals surface area (Å²) in [5.41, 5.74) is 8.62. The number of aldehydes is 2. The number of hydrogen-bond acceptors (Lipinski definition) is 12. The minimum Gasteiger partial charge on any atom is -1.00 e. The zero-order chi connectivity index (χ0) is 69.8. The number of carboxylic acid groups (broad SMARTS) is 1. The SMILES string of the molecule is C.C.C.CCOC(=O)/C(C)=C/C=C/C(C)=C/C=C/C=C(C)/C=C/C=C(\C)CC.CCOC(=O)/C(C)=C/C[P+](c1ccccc1)(c1ccccc1)c1ccccc1.C[C-]=C/C=C/C(C)=C/C=C/C=C(C)/C=C/C=C(\C)C(=O)[O-].C\C(C=O)=C/C=C/C=C(\C)C=O.O=C=O.O=C=O.[Br-].[Na+].[Na+]. The van der Waals surface area contributed by atoms with Crippen molar-refractivity contribution in [3.63, 3.8) is 0 Å². The summed E-state index contributed by atoms with van der Waals surface area (Å²) in [5, 5.41) is 14.4. The first-order chi connectivity index (χ1) is 44.1. The van der Waals surface area contributed by atoms with Crippen molar-refractivity contribution >= 4 is 66.0 Å². The largest absolute Gasteiger partial charge is 1.00 e. The fraction of sp³-hybridized carbons (Fsp3) is 0.256. The van der Waals surface area contributed by atoms with Gasteiger partial charge in [0.15, 0.2) is 0 Å². The van der Waals surface area contributed by atoms with Crippen molar-refractivity contribution in [2.45, 2.75) is 126 Å². The predicted octanol–water partition coefficient (Wildman–Crippen LogP) is 8.11. The van der Waals surface area contributed by atoms with Gasteiger partial charge in [0.05, 0.1) is 25.3 Å². The molecule has 0 fully saturated rings. The fourth-order valence-corrected chi connectivity index (χ4v) is 10.9. The van der Waals surface area contributed by atoms with E-state index in [2.05, 4.69) is 130 Å². The van der Waals surface area contributed by atoms with Crippen LogP contribution < -0.4 is 97.1 Å². The molecule has 0 heterocycles. The Hall–Kier alpha value is -7.60. The Labute approximate surface area is 643 Å². The molecule has 0 aliphatic heterocycles. The summed E-state index contributed by atoms with van der Waals surface area (Å²) in [4.78, 5) is 86.9. The van der Waals surface area contributed by atoms with Gasteiger partial charge in [-0.05, 0) is 149 Å². The van der Waals surface area contributed by atoms with E-state index in [1.54, 1.807) is 64.2 Å². The summed E-state index contributed by atoms with van der Waals surface area (Å²) in [6, 6.07) is 32.0. The number of rotatable bonds is 27. The second-order valence-electron chi connectivity index (χ2n) is 19.6. The molecule has 3 aromatic carbocycles. The van der Waals surface area contributed by atoms with Crippen LogP contribution in [0.25, 0.3) is 0 Å². The number of hydrogen-bond donors (Lipinski definition) is 0. The predicted molar refractivity (Wildman–Crippen MR) is 396 cm³/mol. The molecule has 0 saturated carbocycles. The van der Waals surface area contributed by atoms with Gasteiger partial charge < -0.3 is 36.4 Å². The third-order valence-corrected chi connectivity index (χ3v) is 16.2. The van der Waals surface area contributed by atoms with E-state index in [0.717, 1.165) is 41.9 Å². The summed E-state index contributed by atoms with van der Waals surface area (Å²) in [6.07, 6.45) is 54.4. The van der Waals surface area contributed by atoms with Crippen LogP contribution in [0.1, 0.15) is 126 Å². The van der Waals surface area contributed by atoms with Gasteiger partial charge in [0.25, 0.3) is 0 Å². The van der Waals surface area contributed by atoms with Gasteiger partial charge in [0.2, 0.25) is 0 Å². The maximum atomic E-state index is 12.2. The van der Waals surface area contributed by atoms with Gasteiger partial charge in [0.1, 0.15) is 35.7 Å². The van der Waals surface area contributed by atoms with E-state index >= 15 is 0 Å². The van der Waals surface area contributed by atoms with Gasteiger partial charge in [-0.2, -0.15) is 19.2 Å². The van der Waals surface area contributed by atoms with Gasteiger partial charge in [-0.25, -0.2) is 21.7 Å². The molecule has 0 saturated heterocycles. The van der Waals surface area contributed by atoms with Crippen LogP contribution in [0.4, 0.5) is 0 Å². The molecule has 12 nitrogen and oxygen atoms in total. The molecule has 0 aromatic heterocycles. The molecule has 98 heavy (non-hydrogen) atoms. The first kappa shape index (κ1) is 109. The summed E-state index contributed by atoms with van der Waals surface area (Å²) < 4.78 is 10.1. The molecule has 0 radical (unpaired) electrons. The maximum absolute atomic E-state index is 12.2. The number of carbonyl (C=O) groups is 5. The number of allylic oxidation sites excluding steroid dienone is 33. The van der Waals surface area contributed by atoms with Crippen LogP contribution >= 0.6 is 7.26 Å². The maximum Gasteiger partial charge on any atom is 1.00 e. The van der Waals surface area contributed by atoms with E-state index in [4.69, 9.17) is 28.7 Å². The Balaban J connectivity index is -0.000000151. The fourth-order valence-electron chi connectivity index (χ4n) is 6.81. The Morgan fingerprint density at radius 2 is 0.724 bits per heavy atom. The van der Waals surface area contributed by atoms with Crippen molar-refractivity contribution in [2.24, 2.45) is 0 Å². The molecule has 0 unspecified atom stereocenters. The Kier molecular flexibility index (Phi) is 81.9. The third kappa shape index (κ3) is 57.5. The molecule has 0 bridgehead atoms. The molecule has 16 heteroatoms. The van der Waals surface area contributed by atoms with Crippen LogP contribution in [-0.2, 0) is 52.6 Å². The Morgan fingerprint density at radius 1 is 0.439 bits per heavy atom. The summed E-state index contributed by atoms with van der Waals surface area (Å²) in [6.45, 7) is 27.2. The molecule has 3 aromatic rings. The monoisotopic (exact) mass is 1440 g/mol. The molecule has 0 amide bonds. The number of aliphatic carboxylic acids is 1. The van der Waals surface area contributed by atoms with Gasteiger partial charge in [-0.1, -0.05) is 239 Å². The number of esters is 2. The van der Waals surface area contributed by atoms with Gasteiger partial charge >= 0.3 is 83.4 Å². The van der Waals surface area contributed by atoms with E-state index in [0.29, 0.717) is 35.5 Å². The molecular weight excluding hydrogens is 1330 g/mol. The average molecular weight is 1440 g/mol. The first-order valence-electron chi connectivity index (χ1n) is 29.5. The number of halogens is 1. The minimum absolute atomic E-state index is 0. The van der Waals surface area contributed by atoms with E-state index in [-0.39, 0.29) is 128 Å². The normalized spacial score (nSPS) is 12.3. The van der Waals surface area contributed by atoms with Crippen LogP contribution in [0, 0.1) is 6.08 Å². The topological polar surface area (TPSA) is 195 Å². The molecule has 0 N–H and O–H groups in total. The van der Waals surface area contributed by atoms with E-state index in [9.17, 15) is 29.1 Å². The van der Waals surface area contributed by atoms with Gasteiger partial charge in [-0.3, -0.25) is 15.7 Å². The molecule has 0 spiro atoms. The number of carbonyl (C=O) groups excluding carboxylic acids is 9. The smallest absolute Gasteiger partial charge is 1.00 e. The average Bonchev–Trinajstić information content (AvgIpc) is 0.761. The number of ether oxygens (including phenoxy) is 2. The van der Waals surface area contributed by atoms with Crippen molar-refractivity contribution in [3.8, 4) is 0 Å². The summed E-state index contributed by atoms with van der Waals surface area (Å²) in [7, 11) is -1.95. The number of benzene rings is 3. The summed E-state index contributed by atoms with van der Waals surface area (Å²) in [5.74, 6) is -1.66.